The molecule has 0 N–H and O–H groups in total. The minimum absolute atomic E-state index is 0.474. The lowest BCUT2D eigenvalue weighted by Gasteiger charge is -2.25. The lowest BCUT2D eigenvalue weighted by molar-refractivity contribution is -0.128. The van der Waals surface area contributed by atoms with Crippen LogP contribution in [-0.2, 0) is 4.79 Å². The highest BCUT2D eigenvalue weighted by Gasteiger charge is 2.13. The smallest absolute Gasteiger partial charge is 0.335 e. The Labute approximate surface area is 223 Å². The molecule has 0 aliphatic rings. The van der Waals surface area contributed by atoms with Crippen LogP contribution in [0.1, 0.15) is 16.7 Å². The van der Waals surface area contributed by atoms with Gasteiger partial charge in [0.2, 0.25) is 0 Å². The first-order valence-corrected chi connectivity index (χ1v) is 12.4. The number of benzene rings is 5. The van der Waals surface area contributed by atoms with Crippen molar-refractivity contribution in [3.05, 3.63) is 169 Å². The van der Waals surface area contributed by atoms with Crippen molar-refractivity contribution in [1.82, 2.24) is 0 Å². The van der Waals surface area contributed by atoms with Crippen LogP contribution in [0.3, 0.4) is 0 Å². The fourth-order valence-corrected chi connectivity index (χ4v) is 4.30. The number of hydrogen-bond acceptors (Lipinski definition) is 3. The van der Waals surface area contributed by atoms with Gasteiger partial charge in [-0.05, 0) is 76.9 Å². The summed E-state index contributed by atoms with van der Waals surface area (Å²) in [6, 6.07) is 47.1. The maximum Gasteiger partial charge on any atom is 0.335 e. The molecule has 0 unspecified atom stereocenters. The lowest BCUT2D eigenvalue weighted by Crippen LogP contribution is -2.10. The average molecular weight is 494 g/mol. The van der Waals surface area contributed by atoms with E-state index in [1.165, 1.54) is 16.7 Å². The number of hydrogen-bond donors (Lipinski definition) is 0. The molecule has 0 aliphatic carbocycles. The van der Waals surface area contributed by atoms with Crippen LogP contribution in [0.4, 0.5) is 17.1 Å². The maximum atomic E-state index is 11.6. The van der Waals surface area contributed by atoms with Gasteiger partial charge >= 0.3 is 5.97 Å². The van der Waals surface area contributed by atoms with E-state index in [9.17, 15) is 4.79 Å². The summed E-state index contributed by atoms with van der Waals surface area (Å²) < 4.78 is 5.25. The summed E-state index contributed by atoms with van der Waals surface area (Å²) in [5, 5.41) is 0. The minimum Gasteiger partial charge on any atom is -0.423 e. The number of carbonyl (C=O) groups excluding carboxylic acids is 1. The van der Waals surface area contributed by atoms with Crippen molar-refractivity contribution in [1.29, 1.82) is 0 Å². The van der Waals surface area contributed by atoms with Gasteiger partial charge in [0.05, 0.1) is 0 Å². The van der Waals surface area contributed by atoms with Gasteiger partial charge in [-0.3, -0.25) is 0 Å². The third-order valence-electron chi connectivity index (χ3n) is 6.13. The van der Waals surface area contributed by atoms with Crippen molar-refractivity contribution >= 4 is 34.7 Å². The highest BCUT2D eigenvalue weighted by Crippen LogP contribution is 2.36. The monoisotopic (exact) mass is 493 g/mol. The largest absolute Gasteiger partial charge is 0.423 e. The Morgan fingerprint density at radius 3 is 1.53 bits per heavy atom. The van der Waals surface area contributed by atoms with Gasteiger partial charge in [-0.25, -0.2) is 4.79 Å². The molecule has 3 heteroatoms. The summed E-state index contributed by atoms with van der Waals surface area (Å²) >= 11 is 0. The molecule has 0 saturated carbocycles. The predicted octanol–water partition coefficient (Wildman–Crippen LogP) is 8.84. The highest BCUT2D eigenvalue weighted by molar-refractivity contribution is 5.91. The maximum absolute atomic E-state index is 11.6. The average Bonchev–Trinajstić information content (AvgIpc) is 2.99. The Hall–Kier alpha value is -5.15. The van der Waals surface area contributed by atoms with Crippen LogP contribution in [0.2, 0.25) is 0 Å². The zero-order valence-electron chi connectivity index (χ0n) is 20.9. The minimum atomic E-state index is -0.480. The van der Waals surface area contributed by atoms with Crippen LogP contribution in [0, 0.1) is 0 Å². The number of rotatable bonds is 8. The first kappa shape index (κ1) is 24.5. The van der Waals surface area contributed by atoms with Gasteiger partial charge in [0.1, 0.15) is 5.75 Å². The van der Waals surface area contributed by atoms with E-state index in [0.717, 1.165) is 28.7 Å². The Bertz CT molecular complexity index is 1480. The van der Waals surface area contributed by atoms with Crippen molar-refractivity contribution in [3.8, 4) is 5.75 Å². The molecule has 5 aromatic carbocycles. The SMILES string of the molecule is C=CC(=O)Oc1ccc(N(c2ccccc2)c2ccc(C=C(c3ccccc3)c3ccccc3)cc2)cc1. The molecule has 0 aromatic heterocycles. The number of esters is 1. The Balaban J connectivity index is 1.50. The zero-order valence-corrected chi connectivity index (χ0v) is 20.9. The molecule has 0 fully saturated rings. The lowest BCUT2D eigenvalue weighted by atomic mass is 9.95. The van der Waals surface area contributed by atoms with E-state index in [1.807, 2.05) is 42.5 Å². The molecule has 0 amide bonds. The molecular formula is C35H27NO2. The first-order chi connectivity index (χ1) is 18.7. The van der Waals surface area contributed by atoms with E-state index in [1.54, 1.807) is 12.1 Å². The molecule has 0 saturated heterocycles. The molecule has 0 heterocycles. The van der Waals surface area contributed by atoms with Crippen molar-refractivity contribution in [2.75, 3.05) is 4.90 Å². The normalized spacial score (nSPS) is 10.3. The standard InChI is InChI=1S/C35H27NO2/c1-2-35(37)38-33-24-22-32(23-25-33)36(30-16-10-5-11-17-30)31-20-18-27(19-21-31)26-34(28-12-6-3-7-13-28)29-14-8-4-9-15-29/h2-26H,1H2. The molecule has 0 atom stereocenters. The van der Waals surface area contributed by atoms with E-state index in [0.29, 0.717) is 5.75 Å². The summed E-state index contributed by atoms with van der Waals surface area (Å²) in [6.45, 7) is 3.45. The van der Waals surface area contributed by atoms with Gasteiger partial charge < -0.3 is 9.64 Å². The second-order valence-electron chi connectivity index (χ2n) is 8.67. The van der Waals surface area contributed by atoms with E-state index >= 15 is 0 Å². The number of para-hydroxylation sites is 1. The van der Waals surface area contributed by atoms with E-state index in [4.69, 9.17) is 4.74 Å². The summed E-state index contributed by atoms with van der Waals surface area (Å²) in [5.41, 5.74) is 7.62. The van der Waals surface area contributed by atoms with Crippen LogP contribution in [0.5, 0.6) is 5.75 Å². The molecule has 3 nitrogen and oxygen atoms in total. The van der Waals surface area contributed by atoms with Crippen LogP contribution >= 0.6 is 0 Å². The van der Waals surface area contributed by atoms with Crippen LogP contribution in [0.15, 0.2) is 152 Å². The van der Waals surface area contributed by atoms with Gasteiger partial charge in [0.15, 0.2) is 0 Å². The highest BCUT2D eigenvalue weighted by atomic mass is 16.5. The van der Waals surface area contributed by atoms with Crippen LogP contribution in [0.25, 0.3) is 11.6 Å². The third-order valence-corrected chi connectivity index (χ3v) is 6.13. The molecule has 0 radical (unpaired) electrons. The van der Waals surface area contributed by atoms with E-state index in [2.05, 4.69) is 102 Å². The molecule has 5 aromatic rings. The van der Waals surface area contributed by atoms with Gasteiger partial charge in [0, 0.05) is 23.1 Å². The second kappa shape index (κ2) is 11.7. The third kappa shape index (κ3) is 5.80. The quantitative estimate of drug-likeness (QED) is 0.0936. The van der Waals surface area contributed by atoms with Gasteiger partial charge in [0.25, 0.3) is 0 Å². The molecule has 0 aliphatic heterocycles. The molecule has 0 spiro atoms. The Kier molecular flexibility index (Phi) is 7.57. The summed E-state index contributed by atoms with van der Waals surface area (Å²) in [5.74, 6) is -0.00631. The molecular weight excluding hydrogens is 466 g/mol. The first-order valence-electron chi connectivity index (χ1n) is 12.4. The number of nitrogens with zero attached hydrogens (tertiary/aromatic N) is 1. The predicted molar refractivity (Wildman–Crippen MR) is 157 cm³/mol. The van der Waals surface area contributed by atoms with Crippen molar-refractivity contribution < 1.29 is 9.53 Å². The zero-order chi connectivity index (χ0) is 26.2. The van der Waals surface area contributed by atoms with Crippen molar-refractivity contribution in [2.24, 2.45) is 0 Å². The number of anilines is 3. The van der Waals surface area contributed by atoms with Crippen molar-refractivity contribution in [2.45, 2.75) is 0 Å². The summed E-state index contributed by atoms with van der Waals surface area (Å²) in [7, 11) is 0. The van der Waals surface area contributed by atoms with E-state index < -0.39 is 5.97 Å². The van der Waals surface area contributed by atoms with Crippen LogP contribution in [-0.4, -0.2) is 5.97 Å². The molecule has 184 valence electrons. The van der Waals surface area contributed by atoms with Gasteiger partial charge in [-0.15, -0.1) is 0 Å². The topological polar surface area (TPSA) is 29.5 Å². The molecule has 5 rings (SSSR count). The Morgan fingerprint density at radius 1 is 0.579 bits per heavy atom. The van der Waals surface area contributed by atoms with Gasteiger partial charge in [-0.2, -0.15) is 0 Å². The molecule has 38 heavy (non-hydrogen) atoms. The van der Waals surface area contributed by atoms with E-state index in [-0.39, 0.29) is 0 Å². The number of ether oxygens (including phenoxy) is 1. The fraction of sp³-hybridized carbons (Fsp3) is 0. The summed E-state index contributed by atoms with van der Waals surface area (Å²) in [4.78, 5) is 13.7. The molecule has 0 bridgehead atoms. The van der Waals surface area contributed by atoms with Crippen molar-refractivity contribution in [3.63, 3.8) is 0 Å². The fourth-order valence-electron chi connectivity index (χ4n) is 4.30. The number of carbonyl (C=O) groups is 1. The second-order valence-corrected chi connectivity index (χ2v) is 8.67. The van der Waals surface area contributed by atoms with Crippen LogP contribution < -0.4 is 9.64 Å². The van der Waals surface area contributed by atoms with Gasteiger partial charge in [-0.1, -0.05) is 97.6 Å². The Morgan fingerprint density at radius 2 is 1.03 bits per heavy atom. The summed E-state index contributed by atoms with van der Waals surface area (Å²) in [6.07, 6.45) is 3.38.